The molecule has 0 saturated carbocycles. The van der Waals surface area contributed by atoms with Crippen LogP contribution in [0.5, 0.6) is 0 Å². The molecular formula is C14H30O5Si. The van der Waals surface area contributed by atoms with Crippen molar-refractivity contribution in [2.45, 2.75) is 57.3 Å². The highest BCUT2D eigenvalue weighted by atomic mass is 28.4. The van der Waals surface area contributed by atoms with Crippen molar-refractivity contribution in [3.8, 4) is 0 Å². The predicted molar refractivity (Wildman–Crippen MR) is 79.6 cm³/mol. The number of hydrogen-bond donors (Lipinski definition) is 0. The second-order valence-corrected chi connectivity index (χ2v) is 8.24. The van der Waals surface area contributed by atoms with Crippen molar-refractivity contribution in [2.75, 3.05) is 34.5 Å². The van der Waals surface area contributed by atoms with Gasteiger partial charge in [0.1, 0.15) is 5.73 Å². The minimum absolute atomic E-state index is 0.0698. The molecule has 1 heterocycles. The Morgan fingerprint density at radius 3 is 2.25 bits per heavy atom. The van der Waals surface area contributed by atoms with E-state index in [1.165, 1.54) is 19.3 Å². The monoisotopic (exact) mass is 306 g/mol. The molecule has 1 aliphatic rings. The predicted octanol–water partition coefficient (Wildman–Crippen LogP) is 2.55. The Bertz CT molecular complexity index is 235. The van der Waals surface area contributed by atoms with Gasteiger partial charge in [-0.25, -0.2) is 0 Å². The summed E-state index contributed by atoms with van der Waals surface area (Å²) in [4.78, 5) is 0. The summed E-state index contributed by atoms with van der Waals surface area (Å²) in [6, 6.07) is 0. The molecule has 20 heavy (non-hydrogen) atoms. The highest BCUT2D eigenvalue weighted by Crippen LogP contribution is 2.22. The van der Waals surface area contributed by atoms with E-state index in [4.69, 9.17) is 22.8 Å². The normalized spacial score (nSPS) is 20.1. The van der Waals surface area contributed by atoms with Gasteiger partial charge in [-0.15, -0.1) is 0 Å². The number of unbranched alkanes of at least 4 members (excludes halogenated alkanes) is 2. The van der Waals surface area contributed by atoms with Crippen LogP contribution in [0.15, 0.2) is 0 Å². The van der Waals surface area contributed by atoms with Crippen molar-refractivity contribution in [1.29, 1.82) is 0 Å². The first-order chi connectivity index (χ1) is 9.72. The highest BCUT2D eigenvalue weighted by Gasteiger charge is 2.48. The molecule has 0 spiro atoms. The van der Waals surface area contributed by atoms with E-state index in [0.29, 0.717) is 12.7 Å². The molecule has 0 radical (unpaired) electrons. The van der Waals surface area contributed by atoms with Crippen molar-refractivity contribution in [3.05, 3.63) is 0 Å². The van der Waals surface area contributed by atoms with Gasteiger partial charge < -0.3 is 22.8 Å². The molecule has 1 fully saturated rings. The number of rotatable bonds is 13. The first-order valence-electron chi connectivity index (χ1n) is 7.61. The van der Waals surface area contributed by atoms with Crippen molar-refractivity contribution < 1.29 is 22.8 Å². The van der Waals surface area contributed by atoms with Crippen molar-refractivity contribution in [2.24, 2.45) is 0 Å². The molecule has 1 aliphatic heterocycles. The number of hydrogen-bond acceptors (Lipinski definition) is 5. The lowest BCUT2D eigenvalue weighted by molar-refractivity contribution is 0.00863. The Hall–Kier alpha value is 0.0169. The molecule has 0 aromatic heterocycles. The quantitative estimate of drug-likeness (QED) is 0.297. The Kier molecular flexibility index (Phi) is 8.91. The summed E-state index contributed by atoms with van der Waals surface area (Å²) in [7, 11) is 2.23. The number of epoxide rings is 1. The minimum atomic E-state index is -2.70. The van der Waals surface area contributed by atoms with Crippen LogP contribution in [-0.2, 0) is 22.8 Å². The van der Waals surface area contributed by atoms with Gasteiger partial charge in [0.15, 0.2) is 0 Å². The average Bonchev–Trinajstić information content (AvgIpc) is 3.29. The van der Waals surface area contributed by atoms with Crippen LogP contribution < -0.4 is 0 Å². The molecule has 0 aromatic carbocycles. The van der Waals surface area contributed by atoms with Crippen molar-refractivity contribution in [1.82, 2.24) is 0 Å². The fourth-order valence-corrected chi connectivity index (χ4v) is 4.55. The Morgan fingerprint density at radius 2 is 1.75 bits per heavy atom. The van der Waals surface area contributed by atoms with Gasteiger partial charge in [0.2, 0.25) is 0 Å². The fourth-order valence-electron chi connectivity index (χ4n) is 2.38. The third-order valence-electron chi connectivity index (χ3n) is 3.67. The molecule has 2 unspecified atom stereocenters. The van der Waals surface area contributed by atoms with Gasteiger partial charge in [-0.2, -0.15) is 0 Å². The summed E-state index contributed by atoms with van der Waals surface area (Å²) >= 11 is 0. The smallest absolute Gasteiger partial charge is 0.375 e. The van der Waals surface area contributed by atoms with Crippen LogP contribution in [-0.4, -0.2) is 55.2 Å². The standard InChI is InChI=1S/C14H30O5Si/c1-5-11-18-14(20(15-2,16-3)17-4)10-8-6-7-9-13-12-19-13/h13-14H,5-12H2,1-4H3. The van der Waals surface area contributed by atoms with Crippen LogP contribution in [0.2, 0.25) is 0 Å². The van der Waals surface area contributed by atoms with E-state index in [2.05, 4.69) is 6.92 Å². The summed E-state index contributed by atoms with van der Waals surface area (Å²) in [6.07, 6.45) is 7.13. The molecule has 0 amide bonds. The largest absolute Gasteiger partial charge is 0.530 e. The van der Waals surface area contributed by atoms with E-state index in [1.807, 2.05) is 0 Å². The second kappa shape index (κ2) is 9.86. The van der Waals surface area contributed by atoms with Crippen LogP contribution >= 0.6 is 0 Å². The van der Waals surface area contributed by atoms with E-state index < -0.39 is 8.80 Å². The molecule has 0 aliphatic carbocycles. The summed E-state index contributed by atoms with van der Waals surface area (Å²) in [5, 5.41) is 0. The average molecular weight is 306 g/mol. The Morgan fingerprint density at radius 1 is 1.10 bits per heavy atom. The van der Waals surface area contributed by atoms with Gasteiger partial charge in [-0.05, 0) is 19.3 Å². The van der Waals surface area contributed by atoms with Crippen LogP contribution in [0.25, 0.3) is 0 Å². The maximum absolute atomic E-state index is 5.93. The van der Waals surface area contributed by atoms with E-state index in [-0.39, 0.29) is 5.73 Å². The molecular weight excluding hydrogens is 276 g/mol. The Labute approximate surface area is 124 Å². The van der Waals surface area contributed by atoms with E-state index in [0.717, 1.165) is 25.9 Å². The van der Waals surface area contributed by atoms with E-state index in [1.54, 1.807) is 21.3 Å². The zero-order chi connectivity index (χ0) is 14.8. The third kappa shape index (κ3) is 5.79. The van der Waals surface area contributed by atoms with E-state index >= 15 is 0 Å². The molecule has 1 saturated heterocycles. The van der Waals surface area contributed by atoms with Gasteiger partial charge >= 0.3 is 8.80 Å². The highest BCUT2D eigenvalue weighted by molar-refractivity contribution is 6.62. The van der Waals surface area contributed by atoms with Gasteiger partial charge in [0.05, 0.1) is 12.7 Å². The maximum atomic E-state index is 5.93. The molecule has 5 nitrogen and oxygen atoms in total. The topological polar surface area (TPSA) is 49.5 Å². The van der Waals surface area contributed by atoms with Crippen molar-refractivity contribution >= 4 is 8.80 Å². The SMILES string of the molecule is CCCOC(CCCCCC1CO1)[Si](OC)(OC)OC. The van der Waals surface area contributed by atoms with Crippen LogP contribution in [0.1, 0.15) is 45.4 Å². The summed E-state index contributed by atoms with van der Waals surface area (Å²) < 4.78 is 27.8. The van der Waals surface area contributed by atoms with Crippen LogP contribution in [0.4, 0.5) is 0 Å². The molecule has 6 heteroatoms. The van der Waals surface area contributed by atoms with Gasteiger partial charge in [-0.3, -0.25) is 0 Å². The van der Waals surface area contributed by atoms with Crippen LogP contribution in [0.3, 0.4) is 0 Å². The summed E-state index contributed by atoms with van der Waals surface area (Å²) in [5.74, 6) is 0. The van der Waals surface area contributed by atoms with Gasteiger partial charge in [-0.1, -0.05) is 26.2 Å². The zero-order valence-electron chi connectivity index (χ0n) is 13.4. The van der Waals surface area contributed by atoms with Gasteiger partial charge in [0, 0.05) is 27.9 Å². The fraction of sp³-hybridized carbons (Fsp3) is 1.00. The Balaban J connectivity index is 2.35. The van der Waals surface area contributed by atoms with Crippen LogP contribution in [0, 0.1) is 0 Å². The third-order valence-corrected chi connectivity index (χ3v) is 6.62. The molecule has 1 rings (SSSR count). The second-order valence-electron chi connectivity index (χ2n) is 5.17. The minimum Gasteiger partial charge on any atom is -0.375 e. The summed E-state index contributed by atoms with van der Waals surface area (Å²) in [6.45, 7) is 3.77. The molecule has 120 valence electrons. The maximum Gasteiger partial charge on any atom is 0.530 e. The zero-order valence-corrected chi connectivity index (χ0v) is 14.4. The molecule has 0 aromatic rings. The summed E-state index contributed by atoms with van der Waals surface area (Å²) in [5.41, 5.74) is -0.0698. The first-order valence-corrected chi connectivity index (χ1v) is 9.41. The van der Waals surface area contributed by atoms with E-state index in [9.17, 15) is 0 Å². The lowest BCUT2D eigenvalue weighted by Gasteiger charge is -2.32. The molecule has 2 atom stereocenters. The lowest BCUT2D eigenvalue weighted by atomic mass is 10.1. The van der Waals surface area contributed by atoms with Gasteiger partial charge in [0.25, 0.3) is 0 Å². The number of ether oxygens (including phenoxy) is 2. The lowest BCUT2D eigenvalue weighted by Crippen LogP contribution is -2.55. The first kappa shape index (κ1) is 18.1. The van der Waals surface area contributed by atoms with Crippen molar-refractivity contribution in [3.63, 3.8) is 0 Å². The molecule has 0 bridgehead atoms. The molecule has 0 N–H and O–H groups in total.